The molecule has 1 aliphatic carbocycles. The third-order valence-corrected chi connectivity index (χ3v) is 10.5. The average molecular weight is 1090 g/mol. The molecule has 6 rings (SSSR count). The molecule has 3 radical (unpaired) electrons. The topological polar surface area (TPSA) is 0 Å². The van der Waals surface area contributed by atoms with Crippen LogP contribution in [0.25, 0.3) is 0 Å². The molecule has 0 saturated heterocycles. The van der Waals surface area contributed by atoms with Crippen molar-refractivity contribution in [3.8, 4) is 0 Å². The van der Waals surface area contributed by atoms with E-state index in [1.807, 2.05) is 0 Å². The average Bonchev–Trinajstić information content (AvgIpc) is 3.99. The normalized spacial score (nSPS) is 9.77. The maximum absolute atomic E-state index is 3.12. The van der Waals surface area contributed by atoms with E-state index in [0.29, 0.717) is 0 Å². The van der Waals surface area contributed by atoms with Crippen molar-refractivity contribution in [3.05, 3.63) is 167 Å². The van der Waals surface area contributed by atoms with Gasteiger partial charge < -0.3 is 0 Å². The second kappa shape index (κ2) is 41.2. The number of rotatable bonds is 0. The molecule has 0 saturated carbocycles. The molecule has 1 aliphatic rings. The number of hydrogen-bond donors (Lipinski definition) is 0. The molecular weight excluding hydrogens is 1010 g/mol. The van der Waals surface area contributed by atoms with Crippen LogP contribution in [0.2, 0.25) is 39.3 Å². The Morgan fingerprint density at radius 3 is 0.833 bits per heavy atom. The summed E-state index contributed by atoms with van der Waals surface area (Å²) < 4.78 is 0. The van der Waals surface area contributed by atoms with E-state index in [1.165, 1.54) is 100 Å². The van der Waals surface area contributed by atoms with Crippen LogP contribution in [0.3, 0.4) is 0 Å². The Morgan fingerprint density at radius 2 is 0.767 bits per heavy atom. The largest absolute Gasteiger partial charge is 2.00 e. The zero-order chi connectivity index (χ0) is 45.0. The molecule has 60 heavy (non-hydrogen) atoms. The van der Waals surface area contributed by atoms with Crippen LogP contribution in [0, 0.1) is 124 Å². The van der Waals surface area contributed by atoms with Crippen LogP contribution in [0.1, 0.15) is 108 Å². The van der Waals surface area contributed by atoms with Gasteiger partial charge in [0.15, 0.2) is 0 Å². The predicted octanol–water partition coefficient (Wildman–Crippen LogP) is 15.5. The molecule has 0 fully saturated rings. The summed E-state index contributed by atoms with van der Waals surface area (Å²) in [5.41, 5.74) is 25.5. The van der Waals surface area contributed by atoms with Gasteiger partial charge in [-0.2, -0.15) is 131 Å². The summed E-state index contributed by atoms with van der Waals surface area (Å²) in [7, 11) is 2.25. The zero-order valence-electron chi connectivity index (χ0n) is 43.2. The second-order valence-corrected chi connectivity index (χ2v) is 19.2. The minimum absolute atomic E-state index is 0. The molecule has 0 nitrogen and oxygen atoms in total. The fraction of sp³-hybridized carbons (Fsp3) is 0.463. The van der Waals surface area contributed by atoms with Gasteiger partial charge in [-0.15, -0.1) is 6.42 Å². The smallest absolute Gasteiger partial charge is 0.270 e. The molecule has 327 valence electrons. The molecule has 0 unspecified atom stereocenters. The van der Waals surface area contributed by atoms with Crippen LogP contribution in [-0.2, 0) is 78.6 Å². The van der Waals surface area contributed by atoms with Gasteiger partial charge in [0.05, 0.1) is 0 Å². The molecule has 6 heteroatoms. The summed E-state index contributed by atoms with van der Waals surface area (Å²) >= 11 is 0. The standard InChI is InChI=1S/3C9H13.C8H11.C7H9.C6H7.3C2H7Si.3Zr/c3*1-6-5-7(2)9(4)8(6)3;1-6-4-5-7(2)8(6)3;1-6-4-3-5-7(6)2;1-6-4-2-3-5-6;3*1-3-2;;;/h3*5H,1-4H3;4-5H,1-3H3;3-5H,1-2H3;2,4H,3H2,1H3;3*3H,1-2H3;;;/q6*-1;;;;3*+2. The van der Waals surface area contributed by atoms with Crippen LogP contribution < -0.4 is 0 Å². The molecule has 0 bridgehead atoms. The van der Waals surface area contributed by atoms with Crippen LogP contribution in [-0.4, -0.2) is 28.6 Å². The third kappa shape index (κ3) is 30.6. The van der Waals surface area contributed by atoms with Gasteiger partial charge in [-0.05, 0) is 0 Å². The van der Waals surface area contributed by atoms with Gasteiger partial charge in [0, 0.05) is 28.6 Å². The van der Waals surface area contributed by atoms with Gasteiger partial charge >= 0.3 is 78.6 Å². The minimum atomic E-state index is 0. The van der Waals surface area contributed by atoms with Crippen LogP contribution in [0.15, 0.2) is 66.3 Å². The van der Waals surface area contributed by atoms with Gasteiger partial charge in [-0.25, -0.2) is 29.8 Å². The van der Waals surface area contributed by atoms with Crippen molar-refractivity contribution < 1.29 is 78.6 Å². The van der Waals surface area contributed by atoms with Crippen molar-refractivity contribution in [3.63, 3.8) is 0 Å². The maximum Gasteiger partial charge on any atom is 2.00 e. The number of allylic oxidation sites excluding steroid dienone is 4. The van der Waals surface area contributed by atoms with E-state index in [-0.39, 0.29) is 78.6 Å². The van der Waals surface area contributed by atoms with Crippen LogP contribution in [0.4, 0.5) is 0 Å². The second-order valence-electron chi connectivity index (χ2n) is 15.7. The summed E-state index contributed by atoms with van der Waals surface area (Å²) in [4.78, 5) is 0. The van der Waals surface area contributed by atoms with E-state index in [1.54, 1.807) is 0 Å². The Labute approximate surface area is 439 Å². The van der Waals surface area contributed by atoms with Gasteiger partial charge in [-0.1, -0.05) is 164 Å². The van der Waals surface area contributed by atoms with Crippen LogP contribution in [0.5, 0.6) is 0 Å². The first-order valence-corrected chi connectivity index (χ1v) is 27.9. The first-order chi connectivity index (χ1) is 26.5. The Bertz CT molecular complexity index is 1600. The van der Waals surface area contributed by atoms with Crippen molar-refractivity contribution in [1.29, 1.82) is 0 Å². The molecule has 0 spiro atoms. The van der Waals surface area contributed by atoms with E-state index >= 15 is 0 Å². The molecule has 0 aromatic heterocycles. The number of hydrogen-bond acceptors (Lipinski definition) is 0. The molecule has 0 atom stereocenters. The van der Waals surface area contributed by atoms with E-state index in [9.17, 15) is 0 Å². The van der Waals surface area contributed by atoms with Gasteiger partial charge in [0.1, 0.15) is 0 Å². The van der Waals surface area contributed by atoms with Crippen molar-refractivity contribution in [1.82, 2.24) is 0 Å². The molecule has 0 N–H and O–H groups in total. The molecular formula is C54H87Si3Zr3. The van der Waals surface area contributed by atoms with Crippen LogP contribution >= 0.6 is 0 Å². The Balaban J connectivity index is -0.000000139. The van der Waals surface area contributed by atoms with Crippen molar-refractivity contribution >= 4 is 28.6 Å². The molecule has 5 aromatic rings. The summed E-state index contributed by atoms with van der Waals surface area (Å²) in [6.45, 7) is 52.0. The predicted molar refractivity (Wildman–Crippen MR) is 274 cm³/mol. The molecule has 0 aliphatic heterocycles. The number of aryl methyl sites for hydroxylation is 10. The van der Waals surface area contributed by atoms with E-state index in [2.05, 4.69) is 231 Å². The summed E-state index contributed by atoms with van der Waals surface area (Å²) in [6, 6.07) is 17.4. The first kappa shape index (κ1) is 71.2. The minimum Gasteiger partial charge on any atom is -0.270 e. The SMILES string of the molecule is CC1=[C-]CC=C1.C[SiH]C.C[SiH]C.C[SiH]C.Cc1c[c-](C)c(C)c1C.Cc1c[c-](C)c(C)c1C.Cc1c[c-](C)c(C)c1C.Cc1cc[c-](C)c1C.Cc1ccc[c-]1C.[Zr+2].[Zr+2].[Zr+2]. The van der Waals surface area contributed by atoms with E-state index < -0.39 is 0 Å². The monoisotopic (exact) mass is 1090 g/mol. The Morgan fingerprint density at radius 1 is 0.433 bits per heavy atom. The van der Waals surface area contributed by atoms with Crippen molar-refractivity contribution in [2.75, 3.05) is 0 Å². The molecule has 0 heterocycles. The summed E-state index contributed by atoms with van der Waals surface area (Å²) in [6.07, 6.45) is 8.33. The molecule has 0 amide bonds. The molecule has 5 aromatic carbocycles. The van der Waals surface area contributed by atoms with E-state index in [4.69, 9.17) is 0 Å². The van der Waals surface area contributed by atoms with Gasteiger partial charge in [0.2, 0.25) is 0 Å². The Hall–Kier alpha value is -0.470. The third-order valence-electron chi connectivity index (χ3n) is 10.5. The van der Waals surface area contributed by atoms with Crippen molar-refractivity contribution in [2.24, 2.45) is 0 Å². The fourth-order valence-electron chi connectivity index (χ4n) is 5.32. The summed E-state index contributed by atoms with van der Waals surface area (Å²) in [5.74, 6) is 0. The van der Waals surface area contributed by atoms with Gasteiger partial charge in [0.25, 0.3) is 0 Å². The fourth-order valence-corrected chi connectivity index (χ4v) is 5.32. The van der Waals surface area contributed by atoms with E-state index in [0.717, 1.165) is 35.0 Å². The maximum atomic E-state index is 3.12. The summed E-state index contributed by atoms with van der Waals surface area (Å²) in [5, 5.41) is 0. The van der Waals surface area contributed by atoms with Gasteiger partial charge in [-0.3, -0.25) is 6.08 Å². The Kier molecular flexibility index (Phi) is 48.9. The quantitative estimate of drug-likeness (QED) is 0.107. The van der Waals surface area contributed by atoms with Crippen molar-refractivity contribution in [2.45, 2.75) is 170 Å². The zero-order valence-corrected chi connectivity index (χ0v) is 54.1. The first-order valence-electron chi connectivity index (χ1n) is 21.0.